The average molecular weight is 575 g/mol. The number of carboxylic acid groups (broad SMARTS) is 2. The Morgan fingerprint density at radius 2 is 1.06 bits per heavy atom. The molecule has 2 aliphatic carbocycles. The smallest absolute Gasteiger partial charge is 0.550 e. The molecule has 0 unspecified atom stereocenters. The molecule has 4 rings (SSSR count). The summed E-state index contributed by atoms with van der Waals surface area (Å²) in [6.07, 6.45) is 14.7. The van der Waals surface area contributed by atoms with Crippen LogP contribution >= 0.6 is 7.92 Å². The molecule has 2 fully saturated rings. The number of hydrogen-bond donors (Lipinski definition) is 0. The topological polar surface area (TPSA) is 80.3 Å². The average Bonchev–Trinajstić information content (AvgIpc) is 2.81. The van der Waals surface area contributed by atoms with Crippen LogP contribution in [0.5, 0.6) is 0 Å². The van der Waals surface area contributed by atoms with Gasteiger partial charge in [0, 0.05) is 11.9 Å². The van der Waals surface area contributed by atoms with Crippen LogP contribution in [0.3, 0.4) is 0 Å². The van der Waals surface area contributed by atoms with E-state index >= 15 is 0 Å². The van der Waals surface area contributed by atoms with Crippen molar-refractivity contribution < 1.29 is 40.2 Å². The van der Waals surface area contributed by atoms with Gasteiger partial charge in [-0.25, -0.2) is 0 Å². The second-order valence-corrected chi connectivity index (χ2v) is 11.6. The first kappa shape index (κ1) is 30.5. The Hall–Kier alpha value is -1.53. The minimum absolute atomic E-state index is 0. The van der Waals surface area contributed by atoms with E-state index in [0.29, 0.717) is 0 Å². The Bertz CT molecular complexity index is 808. The third-order valence-electron chi connectivity index (χ3n) is 6.20. The summed E-state index contributed by atoms with van der Waals surface area (Å²) in [6.45, 7) is 1.94. The van der Waals surface area contributed by atoms with E-state index in [-0.39, 0.29) is 28.3 Å². The Morgan fingerprint density at radius 1 is 0.676 bits per heavy atom. The van der Waals surface area contributed by atoms with Crippen molar-refractivity contribution >= 4 is 25.2 Å². The van der Waals surface area contributed by atoms with Crippen LogP contribution in [0.15, 0.2) is 54.6 Å². The summed E-state index contributed by atoms with van der Waals surface area (Å²) in [7, 11) is -0.0365. The SMILES string of the molecule is CC(=O)[O-].CC(=O)[O-].[Pd+2].c1ccc(-c2ccccc2P(C2CCCCC2)C2CCCCC2)cc1. The van der Waals surface area contributed by atoms with Gasteiger partial charge in [-0.3, -0.25) is 0 Å². The maximum Gasteiger partial charge on any atom is 2.00 e. The summed E-state index contributed by atoms with van der Waals surface area (Å²) < 4.78 is 0. The molecule has 0 spiro atoms. The van der Waals surface area contributed by atoms with Crippen molar-refractivity contribution in [1.29, 1.82) is 0 Å². The molecule has 34 heavy (non-hydrogen) atoms. The van der Waals surface area contributed by atoms with Gasteiger partial charge in [-0.1, -0.05) is 101 Å². The predicted octanol–water partition coefficient (Wildman–Crippen LogP) is 4.64. The summed E-state index contributed by atoms with van der Waals surface area (Å²) in [5.74, 6) is -2.17. The second kappa shape index (κ2) is 17.0. The molecule has 2 aromatic carbocycles. The molecule has 0 amide bonds. The fraction of sp³-hybridized carbons (Fsp3) is 0.500. The number of carbonyl (C=O) groups is 2. The summed E-state index contributed by atoms with van der Waals surface area (Å²) in [6, 6.07) is 20.5. The molecular formula is C28H37O4PPd. The van der Waals surface area contributed by atoms with Gasteiger partial charge in [0.2, 0.25) is 0 Å². The molecule has 2 aromatic rings. The van der Waals surface area contributed by atoms with Crippen molar-refractivity contribution in [3.63, 3.8) is 0 Å². The summed E-state index contributed by atoms with van der Waals surface area (Å²) >= 11 is 0. The van der Waals surface area contributed by atoms with Crippen LogP contribution in [0.1, 0.15) is 78.1 Å². The number of benzene rings is 2. The first-order valence-corrected chi connectivity index (χ1v) is 13.7. The van der Waals surface area contributed by atoms with Crippen LogP contribution in [-0.2, 0) is 30.0 Å². The number of aliphatic carboxylic acids is 2. The third-order valence-corrected chi connectivity index (χ3v) is 9.76. The maximum atomic E-state index is 8.89. The molecule has 0 radical (unpaired) electrons. The van der Waals surface area contributed by atoms with Gasteiger partial charge in [-0.05, 0) is 67.3 Å². The van der Waals surface area contributed by atoms with Crippen molar-refractivity contribution in [3.05, 3.63) is 54.6 Å². The first-order chi connectivity index (χ1) is 15.9. The van der Waals surface area contributed by atoms with E-state index in [0.717, 1.165) is 25.2 Å². The van der Waals surface area contributed by atoms with E-state index in [1.54, 1.807) is 5.30 Å². The molecule has 188 valence electrons. The number of carboxylic acids is 2. The Labute approximate surface area is 220 Å². The summed E-state index contributed by atoms with van der Waals surface area (Å²) in [5, 5.41) is 19.5. The minimum Gasteiger partial charge on any atom is -0.550 e. The monoisotopic (exact) mass is 574 g/mol. The summed E-state index contributed by atoms with van der Waals surface area (Å²) in [5.41, 5.74) is 4.87. The second-order valence-electron chi connectivity index (χ2n) is 8.86. The molecule has 0 aromatic heterocycles. The van der Waals surface area contributed by atoms with Crippen molar-refractivity contribution in [2.45, 2.75) is 89.4 Å². The molecule has 0 saturated heterocycles. The zero-order valence-corrected chi connectivity index (χ0v) is 22.8. The minimum atomic E-state index is -1.08. The van der Waals surface area contributed by atoms with Gasteiger partial charge in [-0.2, -0.15) is 0 Å². The molecule has 6 heteroatoms. The molecule has 0 atom stereocenters. The van der Waals surface area contributed by atoms with Gasteiger partial charge in [-0.15, -0.1) is 0 Å². The van der Waals surface area contributed by atoms with E-state index in [1.807, 2.05) is 0 Å². The fourth-order valence-electron chi connectivity index (χ4n) is 4.97. The quantitative estimate of drug-likeness (QED) is 0.394. The normalized spacial score (nSPS) is 16.2. The largest absolute Gasteiger partial charge is 2.00 e. The van der Waals surface area contributed by atoms with Crippen molar-refractivity contribution in [2.24, 2.45) is 0 Å². The standard InChI is InChI=1S/C24H31P.2C2H4O2.Pd/c1-4-12-20(13-5-1)23-18-10-11-19-24(23)25(21-14-6-2-7-15-21)22-16-8-3-9-17-22;2*1-2(3)4;/h1,4-5,10-13,18-19,21-22H,2-3,6-9,14-17H2;2*1H3,(H,3,4);/q;;;+2/p-2. The van der Waals surface area contributed by atoms with Crippen molar-refractivity contribution in [1.82, 2.24) is 0 Å². The van der Waals surface area contributed by atoms with Crippen LogP contribution < -0.4 is 15.5 Å². The zero-order valence-electron chi connectivity index (χ0n) is 20.3. The van der Waals surface area contributed by atoms with Crippen molar-refractivity contribution in [2.75, 3.05) is 0 Å². The van der Waals surface area contributed by atoms with Gasteiger partial charge in [0.25, 0.3) is 0 Å². The summed E-state index contributed by atoms with van der Waals surface area (Å²) in [4.78, 5) is 17.8. The van der Waals surface area contributed by atoms with E-state index in [2.05, 4.69) is 54.6 Å². The molecule has 0 N–H and O–H groups in total. The Kier molecular flexibility index (Phi) is 15.2. The van der Waals surface area contributed by atoms with Crippen LogP contribution in [-0.4, -0.2) is 23.3 Å². The Morgan fingerprint density at radius 3 is 1.50 bits per heavy atom. The van der Waals surface area contributed by atoms with Crippen LogP contribution in [0.25, 0.3) is 11.1 Å². The Balaban J connectivity index is 0.000000563. The molecule has 0 aliphatic heterocycles. The van der Waals surface area contributed by atoms with E-state index in [4.69, 9.17) is 19.8 Å². The number of carbonyl (C=O) groups excluding carboxylic acids is 2. The van der Waals surface area contributed by atoms with Gasteiger partial charge >= 0.3 is 20.4 Å². The first-order valence-electron chi connectivity index (χ1n) is 12.2. The molecule has 2 aliphatic rings. The van der Waals surface area contributed by atoms with Gasteiger partial charge in [0.15, 0.2) is 0 Å². The van der Waals surface area contributed by atoms with E-state index in [1.165, 1.54) is 75.3 Å². The molecular weight excluding hydrogens is 538 g/mol. The van der Waals surface area contributed by atoms with Crippen LogP contribution in [0, 0.1) is 0 Å². The van der Waals surface area contributed by atoms with Crippen molar-refractivity contribution in [3.8, 4) is 11.1 Å². The third kappa shape index (κ3) is 10.8. The van der Waals surface area contributed by atoms with Gasteiger partial charge in [0.05, 0.1) is 0 Å². The van der Waals surface area contributed by atoms with Gasteiger partial charge in [0.1, 0.15) is 0 Å². The van der Waals surface area contributed by atoms with Gasteiger partial charge < -0.3 is 19.8 Å². The number of rotatable bonds is 4. The molecule has 0 heterocycles. The molecule has 0 bridgehead atoms. The number of hydrogen-bond acceptors (Lipinski definition) is 4. The zero-order chi connectivity index (χ0) is 24.1. The maximum absolute atomic E-state index is 8.89. The predicted molar refractivity (Wildman–Crippen MR) is 134 cm³/mol. The van der Waals surface area contributed by atoms with Crippen LogP contribution in [0.2, 0.25) is 0 Å². The van der Waals surface area contributed by atoms with E-state index in [9.17, 15) is 0 Å². The molecule has 2 saturated carbocycles. The fourth-order valence-corrected chi connectivity index (χ4v) is 8.94. The van der Waals surface area contributed by atoms with Crippen LogP contribution in [0.4, 0.5) is 0 Å². The molecule has 4 nitrogen and oxygen atoms in total. The van der Waals surface area contributed by atoms with E-state index < -0.39 is 11.9 Å².